The summed E-state index contributed by atoms with van der Waals surface area (Å²) in [6.07, 6.45) is -4.43. The third kappa shape index (κ3) is 5.61. The van der Waals surface area contributed by atoms with E-state index in [0.717, 1.165) is 17.7 Å². The maximum atomic E-state index is 14.1. The molecule has 39 heavy (non-hydrogen) atoms. The SMILES string of the molecule is Cc1ccccc1C(=O)N1C(C(=O)N2CCN(c3cccc(C(F)(F)F)c3)CC2)CSC1c1cccc(F)c1. The first kappa shape index (κ1) is 27.1. The molecule has 0 N–H and O–H groups in total. The Morgan fingerprint density at radius 3 is 2.31 bits per heavy atom. The standard InChI is InChI=1S/C29H27F4N3O2S/c1-19-6-2-3-11-24(19)26(37)36-25(18-39-28(36)20-7-4-9-22(30)16-20)27(38)35-14-12-34(13-15-35)23-10-5-8-21(17-23)29(31,32)33/h2-11,16-17,25,28H,12-15,18H2,1H3. The van der Waals surface area contributed by atoms with Gasteiger partial charge < -0.3 is 14.7 Å². The third-order valence-corrected chi connectivity index (χ3v) is 8.48. The second kappa shape index (κ2) is 10.9. The molecular formula is C29H27F4N3O2S. The molecule has 2 aliphatic rings. The quantitative estimate of drug-likeness (QED) is 0.383. The fourth-order valence-corrected chi connectivity index (χ4v) is 6.50. The summed E-state index contributed by atoms with van der Waals surface area (Å²) in [6.45, 7) is 3.19. The average Bonchev–Trinajstić information content (AvgIpc) is 3.37. The van der Waals surface area contributed by atoms with E-state index in [1.54, 1.807) is 40.1 Å². The Balaban J connectivity index is 1.36. The van der Waals surface area contributed by atoms with Crippen molar-refractivity contribution in [2.24, 2.45) is 0 Å². The van der Waals surface area contributed by atoms with Crippen LogP contribution in [-0.2, 0) is 11.0 Å². The molecule has 0 spiro atoms. The van der Waals surface area contributed by atoms with Gasteiger partial charge in [0.15, 0.2) is 0 Å². The molecule has 2 amide bonds. The van der Waals surface area contributed by atoms with Crippen molar-refractivity contribution in [2.45, 2.75) is 24.5 Å². The first-order chi connectivity index (χ1) is 18.6. The van der Waals surface area contributed by atoms with Gasteiger partial charge in [0, 0.05) is 43.2 Å². The van der Waals surface area contributed by atoms with Gasteiger partial charge in [-0.25, -0.2) is 4.39 Å². The van der Waals surface area contributed by atoms with Crippen molar-refractivity contribution >= 4 is 29.3 Å². The highest BCUT2D eigenvalue weighted by molar-refractivity contribution is 7.99. The predicted octanol–water partition coefficient (Wildman–Crippen LogP) is 5.76. The third-order valence-electron chi connectivity index (χ3n) is 7.16. The molecule has 2 saturated heterocycles. The molecule has 0 bridgehead atoms. The molecule has 2 fully saturated rings. The number of anilines is 1. The van der Waals surface area contributed by atoms with Gasteiger partial charge in [-0.2, -0.15) is 13.2 Å². The first-order valence-corrected chi connectivity index (χ1v) is 13.6. The van der Waals surface area contributed by atoms with Crippen molar-refractivity contribution in [3.8, 4) is 0 Å². The Labute approximate surface area is 228 Å². The topological polar surface area (TPSA) is 43.9 Å². The molecule has 3 aromatic carbocycles. The van der Waals surface area contributed by atoms with Gasteiger partial charge in [0.25, 0.3) is 5.91 Å². The number of carbonyl (C=O) groups is 2. The van der Waals surface area contributed by atoms with Crippen molar-refractivity contribution in [1.82, 2.24) is 9.80 Å². The molecule has 2 heterocycles. The second-order valence-corrected chi connectivity index (χ2v) is 10.8. The molecule has 10 heteroatoms. The Bertz CT molecular complexity index is 1370. The number of rotatable bonds is 4. The Hall–Kier alpha value is -3.53. The normalized spacial score (nSPS) is 19.9. The number of nitrogens with zero attached hydrogens (tertiary/aromatic N) is 3. The van der Waals surface area contributed by atoms with Crippen molar-refractivity contribution in [3.63, 3.8) is 0 Å². The van der Waals surface area contributed by atoms with Crippen LogP contribution in [0.2, 0.25) is 0 Å². The van der Waals surface area contributed by atoms with Crippen LogP contribution in [0.5, 0.6) is 0 Å². The van der Waals surface area contributed by atoms with E-state index in [2.05, 4.69) is 0 Å². The summed E-state index contributed by atoms with van der Waals surface area (Å²) in [5.74, 6) is -0.580. The summed E-state index contributed by atoms with van der Waals surface area (Å²) in [5, 5.41) is -0.534. The molecule has 2 unspecified atom stereocenters. The van der Waals surface area contributed by atoms with E-state index in [-0.39, 0.29) is 11.8 Å². The molecule has 0 radical (unpaired) electrons. The number of carbonyl (C=O) groups excluding carboxylic acids is 2. The molecule has 0 aromatic heterocycles. The molecule has 204 valence electrons. The van der Waals surface area contributed by atoms with Crippen LogP contribution in [0.25, 0.3) is 0 Å². The lowest BCUT2D eigenvalue weighted by Gasteiger charge is -2.39. The second-order valence-electron chi connectivity index (χ2n) is 9.64. The maximum Gasteiger partial charge on any atom is 0.416 e. The van der Waals surface area contributed by atoms with Crippen LogP contribution in [-0.4, -0.2) is 59.6 Å². The van der Waals surface area contributed by atoms with Crippen LogP contribution >= 0.6 is 11.8 Å². The number of halogens is 4. The van der Waals surface area contributed by atoms with E-state index in [0.29, 0.717) is 48.7 Å². The van der Waals surface area contributed by atoms with Crippen LogP contribution < -0.4 is 4.90 Å². The monoisotopic (exact) mass is 557 g/mol. The Morgan fingerprint density at radius 1 is 0.897 bits per heavy atom. The van der Waals surface area contributed by atoms with Crippen LogP contribution in [0.15, 0.2) is 72.8 Å². The number of alkyl halides is 3. The lowest BCUT2D eigenvalue weighted by atomic mass is 10.0. The number of aryl methyl sites for hydroxylation is 1. The van der Waals surface area contributed by atoms with E-state index >= 15 is 0 Å². The summed E-state index contributed by atoms with van der Waals surface area (Å²) in [4.78, 5) is 32.7. The van der Waals surface area contributed by atoms with E-state index in [1.165, 1.54) is 30.0 Å². The summed E-state index contributed by atoms with van der Waals surface area (Å²) < 4.78 is 53.6. The van der Waals surface area contributed by atoms with Crippen molar-refractivity contribution in [1.29, 1.82) is 0 Å². The minimum atomic E-state index is -4.43. The summed E-state index contributed by atoms with van der Waals surface area (Å²) in [7, 11) is 0. The number of piperazine rings is 1. The van der Waals surface area contributed by atoms with Gasteiger partial charge in [-0.3, -0.25) is 9.59 Å². The smallest absolute Gasteiger partial charge is 0.368 e. The first-order valence-electron chi connectivity index (χ1n) is 12.6. The van der Waals surface area contributed by atoms with E-state index in [4.69, 9.17) is 0 Å². The highest BCUT2D eigenvalue weighted by Gasteiger charge is 2.44. The zero-order valence-electron chi connectivity index (χ0n) is 21.2. The number of amides is 2. The number of thioether (sulfide) groups is 1. The van der Waals surface area contributed by atoms with Crippen molar-refractivity contribution < 1.29 is 27.2 Å². The van der Waals surface area contributed by atoms with E-state index < -0.39 is 29.0 Å². The highest BCUT2D eigenvalue weighted by Crippen LogP contribution is 2.43. The minimum Gasteiger partial charge on any atom is -0.368 e. The van der Waals surface area contributed by atoms with Crippen LogP contribution in [0.3, 0.4) is 0 Å². The molecular weight excluding hydrogens is 530 g/mol. The molecule has 5 rings (SSSR count). The maximum absolute atomic E-state index is 14.1. The number of hydrogen-bond donors (Lipinski definition) is 0. The number of benzene rings is 3. The highest BCUT2D eigenvalue weighted by atomic mass is 32.2. The van der Waals surface area contributed by atoms with Gasteiger partial charge in [-0.05, 0) is 54.4 Å². The fourth-order valence-electron chi connectivity index (χ4n) is 5.09. The molecule has 5 nitrogen and oxygen atoms in total. The molecule has 0 aliphatic carbocycles. The summed E-state index contributed by atoms with van der Waals surface area (Å²) in [6, 6.07) is 17.6. The van der Waals surface area contributed by atoms with Gasteiger partial charge >= 0.3 is 6.18 Å². The molecule has 3 aromatic rings. The van der Waals surface area contributed by atoms with Gasteiger partial charge in [0.2, 0.25) is 5.91 Å². The molecule has 2 atom stereocenters. The zero-order chi connectivity index (χ0) is 27.7. The average molecular weight is 558 g/mol. The van der Waals surface area contributed by atoms with E-state index in [9.17, 15) is 27.2 Å². The summed E-state index contributed by atoms with van der Waals surface area (Å²) >= 11 is 1.42. The zero-order valence-corrected chi connectivity index (χ0v) is 22.0. The van der Waals surface area contributed by atoms with Gasteiger partial charge in [-0.1, -0.05) is 36.4 Å². The minimum absolute atomic E-state index is 0.216. The predicted molar refractivity (Wildman–Crippen MR) is 143 cm³/mol. The number of hydrogen-bond acceptors (Lipinski definition) is 4. The van der Waals surface area contributed by atoms with Crippen LogP contribution in [0, 0.1) is 12.7 Å². The lowest BCUT2D eigenvalue weighted by molar-refractivity contribution is -0.137. The van der Waals surface area contributed by atoms with Crippen molar-refractivity contribution in [2.75, 3.05) is 36.8 Å². The fraction of sp³-hybridized carbons (Fsp3) is 0.310. The van der Waals surface area contributed by atoms with E-state index in [1.807, 2.05) is 24.0 Å². The van der Waals surface area contributed by atoms with Crippen LogP contribution in [0.1, 0.15) is 32.4 Å². The Morgan fingerprint density at radius 2 is 1.62 bits per heavy atom. The van der Waals surface area contributed by atoms with Gasteiger partial charge in [0.05, 0.1) is 5.56 Å². The van der Waals surface area contributed by atoms with Gasteiger partial charge in [-0.15, -0.1) is 11.8 Å². The summed E-state index contributed by atoms with van der Waals surface area (Å²) in [5.41, 5.74) is 1.60. The van der Waals surface area contributed by atoms with Gasteiger partial charge in [0.1, 0.15) is 17.2 Å². The van der Waals surface area contributed by atoms with Crippen LogP contribution in [0.4, 0.5) is 23.2 Å². The van der Waals surface area contributed by atoms with Crippen molar-refractivity contribution in [3.05, 3.63) is 101 Å². The molecule has 2 aliphatic heterocycles. The molecule has 0 saturated carbocycles. The largest absolute Gasteiger partial charge is 0.416 e. The lowest BCUT2D eigenvalue weighted by Crippen LogP contribution is -2.55. The Kier molecular flexibility index (Phi) is 7.57.